The Balaban J connectivity index is 1.66. The molecule has 2 atom stereocenters. The fourth-order valence-corrected chi connectivity index (χ4v) is 7.03. The molecule has 3 aromatic carbocycles. The van der Waals surface area contributed by atoms with Crippen molar-refractivity contribution in [1.82, 2.24) is 9.80 Å². The van der Waals surface area contributed by atoms with Crippen LogP contribution in [0.2, 0.25) is 0 Å². The van der Waals surface area contributed by atoms with Crippen molar-refractivity contribution in [2.24, 2.45) is 0 Å². The van der Waals surface area contributed by atoms with E-state index in [0.717, 1.165) is 6.42 Å². The van der Waals surface area contributed by atoms with Crippen molar-refractivity contribution in [3.63, 3.8) is 0 Å². The van der Waals surface area contributed by atoms with E-state index in [1.807, 2.05) is 42.1 Å². The predicted octanol–water partition coefficient (Wildman–Crippen LogP) is 7.29. The summed E-state index contributed by atoms with van der Waals surface area (Å²) in [4.78, 5) is 28.6. The molecule has 0 spiro atoms. The number of nitrogens with zero attached hydrogens (tertiary/aromatic N) is 2. The second-order valence-electron chi connectivity index (χ2n) is 10.0. The summed E-state index contributed by atoms with van der Waals surface area (Å²) < 4.78 is 10.1. The van der Waals surface area contributed by atoms with E-state index in [2.05, 4.69) is 86.0 Å². The van der Waals surface area contributed by atoms with Crippen LogP contribution in [-0.2, 0) is 14.2 Å². The molecule has 1 saturated heterocycles. The molecule has 0 aliphatic carbocycles. The van der Waals surface area contributed by atoms with E-state index in [9.17, 15) is 9.59 Å². The Labute approximate surface area is 253 Å². The number of carbonyl (C=O) groups is 2. The Kier molecular flexibility index (Phi) is 11.1. The van der Waals surface area contributed by atoms with Crippen LogP contribution in [0.4, 0.5) is 9.59 Å². The number of rotatable bonds is 12. The van der Waals surface area contributed by atoms with E-state index in [-0.39, 0.29) is 30.6 Å². The normalized spacial score (nSPS) is 16.6. The minimum atomic E-state index is -0.501. The van der Waals surface area contributed by atoms with E-state index in [0.29, 0.717) is 13.1 Å². The van der Waals surface area contributed by atoms with E-state index in [1.54, 1.807) is 18.0 Å². The van der Waals surface area contributed by atoms with Crippen LogP contribution in [0, 0.1) is 0 Å². The summed E-state index contributed by atoms with van der Waals surface area (Å²) in [7, 11) is 1.67. The van der Waals surface area contributed by atoms with Crippen molar-refractivity contribution >= 4 is 23.9 Å². The van der Waals surface area contributed by atoms with Gasteiger partial charge in [-0.1, -0.05) is 128 Å². The van der Waals surface area contributed by atoms with Gasteiger partial charge in [-0.15, -0.1) is 11.8 Å². The Bertz CT molecular complexity index is 1250. The maximum Gasteiger partial charge on any atom is 0.410 e. The highest BCUT2D eigenvalue weighted by molar-refractivity contribution is 8.01. The van der Waals surface area contributed by atoms with Gasteiger partial charge in [0.25, 0.3) is 0 Å². The molecule has 1 heterocycles. The van der Waals surface area contributed by atoms with Gasteiger partial charge in [-0.2, -0.15) is 0 Å². The Hall–Kier alpha value is -4.23. The lowest BCUT2D eigenvalue weighted by Gasteiger charge is -2.37. The number of hydrogen-bond donors (Lipinski definition) is 0. The molecule has 0 saturated carbocycles. The number of ether oxygens (including phenoxy) is 2. The third-order valence-electron chi connectivity index (χ3n) is 7.12. The van der Waals surface area contributed by atoms with Crippen molar-refractivity contribution in [3.05, 3.63) is 145 Å². The van der Waals surface area contributed by atoms with E-state index < -0.39 is 10.8 Å². The van der Waals surface area contributed by atoms with Crippen LogP contribution in [0.3, 0.4) is 0 Å². The number of likely N-dealkylation sites (N-methyl/N-ethyl adjacent to an activating group) is 1. The summed E-state index contributed by atoms with van der Waals surface area (Å²) >= 11 is 1.86. The van der Waals surface area contributed by atoms with E-state index in [4.69, 9.17) is 9.47 Å². The zero-order valence-electron chi connectivity index (χ0n) is 24.0. The number of thioether (sulfide) groups is 1. The van der Waals surface area contributed by atoms with Crippen molar-refractivity contribution in [1.29, 1.82) is 0 Å². The first-order chi connectivity index (χ1) is 20.5. The molecule has 6 nitrogen and oxygen atoms in total. The largest absolute Gasteiger partial charge is 0.445 e. The maximum atomic E-state index is 13.2. The monoisotopic (exact) mass is 582 g/mol. The van der Waals surface area contributed by atoms with Gasteiger partial charge < -0.3 is 19.3 Å². The van der Waals surface area contributed by atoms with Gasteiger partial charge in [-0.25, -0.2) is 9.59 Å². The summed E-state index contributed by atoms with van der Waals surface area (Å²) in [5.74, 6) is 0. The lowest BCUT2D eigenvalue weighted by atomic mass is 9.84. The highest BCUT2D eigenvalue weighted by Gasteiger charge is 2.44. The molecule has 1 aliphatic rings. The third kappa shape index (κ3) is 7.34. The number of hydrogen-bond acceptors (Lipinski definition) is 5. The van der Waals surface area contributed by atoms with Crippen molar-refractivity contribution in [2.45, 2.75) is 22.5 Å². The number of amides is 2. The topological polar surface area (TPSA) is 59.1 Å². The smallest absolute Gasteiger partial charge is 0.410 e. The van der Waals surface area contributed by atoms with Gasteiger partial charge in [0.15, 0.2) is 0 Å². The van der Waals surface area contributed by atoms with Crippen molar-refractivity contribution < 1.29 is 19.1 Å². The molecular formula is C35H38N2O4S. The molecule has 3 aromatic rings. The molecule has 7 heteroatoms. The number of benzene rings is 3. The van der Waals surface area contributed by atoms with Gasteiger partial charge in [0.05, 0.1) is 10.8 Å². The summed E-state index contributed by atoms with van der Waals surface area (Å²) in [6.45, 7) is 8.42. The Morgan fingerprint density at radius 1 is 0.881 bits per heavy atom. The van der Waals surface area contributed by atoms with Crippen LogP contribution < -0.4 is 0 Å². The van der Waals surface area contributed by atoms with Crippen LogP contribution in [0.15, 0.2) is 128 Å². The molecule has 2 amide bonds. The van der Waals surface area contributed by atoms with Crippen LogP contribution in [0.5, 0.6) is 0 Å². The van der Waals surface area contributed by atoms with Gasteiger partial charge in [0, 0.05) is 25.4 Å². The molecular weight excluding hydrogens is 544 g/mol. The summed E-state index contributed by atoms with van der Waals surface area (Å²) in [6.07, 6.45) is 6.91. The maximum absolute atomic E-state index is 13.2. The van der Waals surface area contributed by atoms with Gasteiger partial charge in [0.2, 0.25) is 0 Å². The fourth-order valence-electron chi connectivity index (χ4n) is 5.18. The first-order valence-electron chi connectivity index (χ1n) is 14.0. The highest BCUT2D eigenvalue weighted by Crippen LogP contribution is 2.52. The minimum absolute atomic E-state index is 0.0897. The van der Waals surface area contributed by atoms with Crippen LogP contribution in [-0.4, -0.2) is 66.6 Å². The number of likely N-dealkylation sites (tertiary alicyclic amines) is 1. The second-order valence-corrected chi connectivity index (χ2v) is 11.5. The van der Waals surface area contributed by atoms with E-state index in [1.165, 1.54) is 27.7 Å². The SMILES string of the molecule is C=CCOC(=O)N(C)CC=C[C@@H]1C[C@H](SC(c2ccccc2)(c2ccccc2)c2ccccc2)CN1C(=O)OCC=C. The fraction of sp³-hybridized carbons (Fsp3) is 0.257. The second kappa shape index (κ2) is 15.1. The molecule has 0 bridgehead atoms. The van der Waals surface area contributed by atoms with Crippen LogP contribution in [0.1, 0.15) is 23.1 Å². The summed E-state index contributed by atoms with van der Waals surface area (Å²) in [6, 6.07) is 31.4. The molecule has 0 aromatic heterocycles. The van der Waals surface area contributed by atoms with Crippen LogP contribution in [0.25, 0.3) is 0 Å². The molecule has 1 aliphatic heterocycles. The van der Waals surface area contributed by atoms with Gasteiger partial charge in [0.1, 0.15) is 13.2 Å². The molecule has 4 rings (SSSR count). The average Bonchev–Trinajstić information content (AvgIpc) is 3.44. The van der Waals surface area contributed by atoms with E-state index >= 15 is 0 Å². The van der Waals surface area contributed by atoms with Gasteiger partial charge >= 0.3 is 12.2 Å². The molecule has 0 radical (unpaired) electrons. The lowest BCUT2D eigenvalue weighted by Crippen LogP contribution is -2.36. The first-order valence-corrected chi connectivity index (χ1v) is 14.9. The quantitative estimate of drug-likeness (QED) is 0.166. The summed E-state index contributed by atoms with van der Waals surface area (Å²) in [5.41, 5.74) is 3.52. The highest BCUT2D eigenvalue weighted by atomic mass is 32.2. The van der Waals surface area contributed by atoms with Gasteiger partial charge in [-0.3, -0.25) is 0 Å². The van der Waals surface area contributed by atoms with Gasteiger partial charge in [-0.05, 0) is 23.1 Å². The zero-order valence-corrected chi connectivity index (χ0v) is 24.8. The third-order valence-corrected chi connectivity index (χ3v) is 8.86. The molecule has 42 heavy (non-hydrogen) atoms. The Morgan fingerprint density at radius 2 is 1.38 bits per heavy atom. The predicted molar refractivity (Wildman–Crippen MR) is 171 cm³/mol. The van der Waals surface area contributed by atoms with Crippen molar-refractivity contribution in [3.8, 4) is 0 Å². The van der Waals surface area contributed by atoms with Crippen LogP contribution >= 0.6 is 11.8 Å². The minimum Gasteiger partial charge on any atom is -0.445 e. The first kappa shape index (κ1) is 30.7. The lowest BCUT2D eigenvalue weighted by molar-refractivity contribution is 0.113. The van der Waals surface area contributed by atoms with Crippen molar-refractivity contribution in [2.75, 3.05) is 33.4 Å². The summed E-state index contributed by atoms with van der Waals surface area (Å²) in [5, 5.41) is 0.0897. The molecule has 218 valence electrons. The molecule has 0 unspecified atom stereocenters. The molecule has 0 N–H and O–H groups in total. The average molecular weight is 583 g/mol. The standard InChI is InChI=1S/C35H38N2O4S/c1-4-24-40-33(38)36(3)23-15-22-31-26-32(27-37(31)34(39)41-25-5-2)42-35(28-16-9-6-10-17-28,29-18-11-7-12-19-29)30-20-13-8-14-21-30/h4-22,31-32H,1-2,23-27H2,3H3/t31-,32+/m1/s1. The number of carbonyl (C=O) groups excluding carboxylic acids is 2. The zero-order chi connectivity index (χ0) is 29.8. The Morgan fingerprint density at radius 3 is 1.88 bits per heavy atom. The molecule has 1 fully saturated rings.